The number of anilines is 1. The third kappa shape index (κ3) is 4.32. The Morgan fingerprint density at radius 1 is 1.35 bits per heavy atom. The molecule has 7 nitrogen and oxygen atoms in total. The lowest BCUT2D eigenvalue weighted by Gasteiger charge is -2.35. The maximum absolute atomic E-state index is 12.5. The van der Waals surface area contributed by atoms with Crippen LogP contribution in [0, 0.1) is 0 Å². The highest BCUT2D eigenvalue weighted by atomic mass is 32.1. The number of urea groups is 1. The molecule has 0 spiro atoms. The summed E-state index contributed by atoms with van der Waals surface area (Å²) in [4.78, 5) is 26.0. The first-order chi connectivity index (χ1) is 12.4. The monoisotopic (exact) mass is 376 g/mol. The fraction of sp³-hybridized carbons (Fsp3) is 0.389. The van der Waals surface area contributed by atoms with Crippen molar-refractivity contribution in [2.45, 2.75) is 26.8 Å². The van der Waals surface area contributed by atoms with Crippen LogP contribution in [-0.2, 0) is 9.53 Å². The minimum absolute atomic E-state index is 0.283. The van der Waals surface area contributed by atoms with Gasteiger partial charge in [-0.2, -0.15) is 0 Å². The molecule has 1 aromatic carbocycles. The highest BCUT2D eigenvalue weighted by molar-refractivity contribution is 7.80. The Bertz CT molecular complexity index is 748. The lowest BCUT2D eigenvalue weighted by molar-refractivity contribution is -0.139. The van der Waals surface area contributed by atoms with E-state index in [2.05, 4.69) is 16.0 Å². The average Bonchev–Trinajstić information content (AvgIpc) is 2.60. The van der Waals surface area contributed by atoms with Crippen LogP contribution in [0.15, 0.2) is 35.5 Å². The van der Waals surface area contributed by atoms with Gasteiger partial charge >= 0.3 is 12.0 Å². The summed E-state index contributed by atoms with van der Waals surface area (Å²) in [7, 11) is 1.80. The third-order valence-electron chi connectivity index (χ3n) is 4.06. The molecule has 3 N–H and O–H groups in total. The van der Waals surface area contributed by atoms with Gasteiger partial charge < -0.3 is 25.6 Å². The molecule has 0 saturated heterocycles. The van der Waals surface area contributed by atoms with Crippen LogP contribution in [0.25, 0.3) is 0 Å². The van der Waals surface area contributed by atoms with Crippen LogP contribution >= 0.6 is 12.2 Å². The van der Waals surface area contributed by atoms with E-state index in [0.717, 1.165) is 11.3 Å². The van der Waals surface area contributed by atoms with Crippen LogP contribution in [0.5, 0.6) is 0 Å². The van der Waals surface area contributed by atoms with E-state index in [1.54, 1.807) is 24.9 Å². The average molecular weight is 376 g/mol. The standard InChI is InChI=1S/C18H24N4O3S/c1-5-19-17(24)20-13-9-7-8-12(10-13)15-14(16(23)25-6-2)11(3)22(4)18(26)21-15/h7-10,15H,5-6H2,1-4H3,(H,21,26)(H2,19,20,24)/t15-/m0/s1. The van der Waals surface area contributed by atoms with Gasteiger partial charge in [0.15, 0.2) is 5.11 Å². The van der Waals surface area contributed by atoms with Crippen molar-refractivity contribution in [1.29, 1.82) is 0 Å². The van der Waals surface area contributed by atoms with Gasteiger partial charge in [-0.25, -0.2) is 9.59 Å². The van der Waals surface area contributed by atoms with E-state index in [0.29, 0.717) is 22.9 Å². The first kappa shape index (κ1) is 19.7. The normalized spacial score (nSPS) is 16.8. The molecule has 0 aliphatic carbocycles. The first-order valence-corrected chi connectivity index (χ1v) is 8.86. The number of ether oxygens (including phenoxy) is 1. The number of carbonyl (C=O) groups excluding carboxylic acids is 2. The summed E-state index contributed by atoms with van der Waals surface area (Å²) in [5.41, 5.74) is 2.66. The summed E-state index contributed by atoms with van der Waals surface area (Å²) in [5.74, 6) is -0.390. The van der Waals surface area contributed by atoms with Crippen molar-refractivity contribution < 1.29 is 14.3 Å². The van der Waals surface area contributed by atoms with Crippen molar-refractivity contribution in [2.75, 3.05) is 25.5 Å². The molecule has 0 fully saturated rings. The number of rotatable bonds is 5. The van der Waals surface area contributed by atoms with Gasteiger partial charge in [0.25, 0.3) is 0 Å². The number of hydrogen-bond donors (Lipinski definition) is 3. The van der Waals surface area contributed by atoms with Gasteiger partial charge in [0, 0.05) is 25.0 Å². The summed E-state index contributed by atoms with van der Waals surface area (Å²) in [5, 5.41) is 9.14. The molecule has 0 bridgehead atoms. The van der Waals surface area contributed by atoms with E-state index in [-0.39, 0.29) is 18.6 Å². The maximum atomic E-state index is 12.5. The molecule has 1 atom stereocenters. The van der Waals surface area contributed by atoms with Gasteiger partial charge in [-0.1, -0.05) is 12.1 Å². The lowest BCUT2D eigenvalue weighted by atomic mass is 9.95. The predicted molar refractivity (Wildman–Crippen MR) is 105 cm³/mol. The summed E-state index contributed by atoms with van der Waals surface area (Å²) in [6, 6.07) is 6.56. The summed E-state index contributed by atoms with van der Waals surface area (Å²) >= 11 is 5.37. The van der Waals surface area contributed by atoms with E-state index >= 15 is 0 Å². The maximum Gasteiger partial charge on any atom is 0.338 e. The largest absolute Gasteiger partial charge is 0.463 e. The second-order valence-corrected chi connectivity index (χ2v) is 6.16. The number of esters is 1. The van der Waals surface area contributed by atoms with Crippen LogP contribution < -0.4 is 16.0 Å². The molecule has 1 heterocycles. The molecule has 26 heavy (non-hydrogen) atoms. The minimum Gasteiger partial charge on any atom is -0.463 e. The number of nitrogens with zero attached hydrogens (tertiary/aromatic N) is 1. The molecule has 1 aromatic rings. The second kappa shape index (κ2) is 8.66. The van der Waals surface area contributed by atoms with Crippen molar-refractivity contribution in [2.24, 2.45) is 0 Å². The van der Waals surface area contributed by atoms with Crippen LogP contribution in [0.2, 0.25) is 0 Å². The summed E-state index contributed by atoms with van der Waals surface area (Å²) in [6.45, 7) is 6.27. The van der Waals surface area contributed by atoms with Gasteiger partial charge in [-0.3, -0.25) is 0 Å². The van der Waals surface area contributed by atoms with E-state index in [4.69, 9.17) is 17.0 Å². The molecule has 0 radical (unpaired) electrons. The Morgan fingerprint density at radius 3 is 2.73 bits per heavy atom. The van der Waals surface area contributed by atoms with Crippen molar-refractivity contribution >= 4 is 35.0 Å². The quantitative estimate of drug-likeness (QED) is 0.541. The van der Waals surface area contributed by atoms with Gasteiger partial charge in [0.05, 0.1) is 18.2 Å². The van der Waals surface area contributed by atoms with E-state index < -0.39 is 6.04 Å². The molecule has 2 amide bonds. The molecule has 8 heteroatoms. The number of benzene rings is 1. The van der Waals surface area contributed by atoms with Gasteiger partial charge in [-0.15, -0.1) is 0 Å². The van der Waals surface area contributed by atoms with Gasteiger partial charge in [-0.05, 0) is 50.7 Å². The first-order valence-electron chi connectivity index (χ1n) is 8.45. The molecule has 1 aliphatic rings. The fourth-order valence-electron chi connectivity index (χ4n) is 2.69. The summed E-state index contributed by atoms with van der Waals surface area (Å²) < 4.78 is 5.23. The Morgan fingerprint density at radius 2 is 2.08 bits per heavy atom. The molecular weight excluding hydrogens is 352 g/mol. The third-order valence-corrected chi connectivity index (χ3v) is 4.46. The number of carbonyl (C=O) groups is 2. The van der Waals surface area contributed by atoms with Crippen LogP contribution in [0.1, 0.15) is 32.4 Å². The molecule has 140 valence electrons. The Labute approximate surface area is 158 Å². The number of nitrogens with one attached hydrogen (secondary N) is 3. The molecule has 0 unspecified atom stereocenters. The Hall–Kier alpha value is -2.61. The highest BCUT2D eigenvalue weighted by Crippen LogP contribution is 2.31. The molecular formula is C18H24N4O3S. The second-order valence-electron chi connectivity index (χ2n) is 5.77. The minimum atomic E-state index is -0.450. The fourth-order valence-corrected chi connectivity index (χ4v) is 2.95. The van der Waals surface area contributed by atoms with Crippen LogP contribution in [0.4, 0.5) is 10.5 Å². The lowest BCUT2D eigenvalue weighted by Crippen LogP contribution is -2.46. The van der Waals surface area contributed by atoms with E-state index in [1.807, 2.05) is 32.0 Å². The highest BCUT2D eigenvalue weighted by Gasteiger charge is 2.33. The van der Waals surface area contributed by atoms with Crippen molar-refractivity contribution in [3.63, 3.8) is 0 Å². The molecule has 2 rings (SSSR count). The van der Waals surface area contributed by atoms with Crippen molar-refractivity contribution in [3.05, 3.63) is 41.1 Å². The smallest absolute Gasteiger partial charge is 0.338 e. The van der Waals surface area contributed by atoms with Gasteiger partial charge in [0.2, 0.25) is 0 Å². The molecule has 1 aliphatic heterocycles. The predicted octanol–water partition coefficient (Wildman–Crippen LogP) is 2.53. The number of thiocarbonyl (C=S) groups is 1. The Balaban J connectivity index is 2.39. The number of allylic oxidation sites excluding steroid dienone is 1. The zero-order chi connectivity index (χ0) is 19.3. The Kier molecular flexibility index (Phi) is 6.57. The zero-order valence-electron chi connectivity index (χ0n) is 15.4. The number of hydrogen-bond acceptors (Lipinski definition) is 4. The van der Waals surface area contributed by atoms with Gasteiger partial charge in [0.1, 0.15) is 0 Å². The topological polar surface area (TPSA) is 82.7 Å². The summed E-state index contributed by atoms with van der Waals surface area (Å²) in [6.07, 6.45) is 0. The number of amides is 2. The van der Waals surface area contributed by atoms with Crippen LogP contribution in [-0.4, -0.2) is 42.2 Å². The zero-order valence-corrected chi connectivity index (χ0v) is 16.2. The van der Waals surface area contributed by atoms with Crippen LogP contribution in [0.3, 0.4) is 0 Å². The van der Waals surface area contributed by atoms with Crippen molar-refractivity contribution in [1.82, 2.24) is 15.5 Å². The molecule has 0 saturated carbocycles. The molecule has 0 aromatic heterocycles. The van der Waals surface area contributed by atoms with E-state index in [9.17, 15) is 9.59 Å². The SMILES string of the molecule is CCNC(=O)Nc1cccc([C@@H]2NC(=S)N(C)C(C)=C2C(=O)OCC)c1. The van der Waals surface area contributed by atoms with Crippen molar-refractivity contribution in [3.8, 4) is 0 Å². The van der Waals surface area contributed by atoms with E-state index in [1.165, 1.54) is 0 Å².